The summed E-state index contributed by atoms with van der Waals surface area (Å²) < 4.78 is 39.7. The molecule has 1 aliphatic rings. The van der Waals surface area contributed by atoms with E-state index < -0.39 is 29.7 Å². The molecule has 0 aliphatic carbocycles. The summed E-state index contributed by atoms with van der Waals surface area (Å²) in [4.78, 5) is 26.7. The zero-order valence-electron chi connectivity index (χ0n) is 16.9. The molecule has 1 saturated heterocycles. The lowest BCUT2D eigenvalue weighted by atomic mass is 10.1. The van der Waals surface area contributed by atoms with Crippen molar-refractivity contribution in [2.24, 2.45) is 0 Å². The van der Waals surface area contributed by atoms with E-state index in [2.05, 4.69) is 20.8 Å². The number of hydrogen-bond donors (Lipinski definition) is 2. The number of carbonyl (C=O) groups excluding carboxylic acids is 2. The Hall–Kier alpha value is -3.18. The van der Waals surface area contributed by atoms with E-state index in [4.69, 9.17) is 11.6 Å². The fourth-order valence-electron chi connectivity index (χ4n) is 3.50. The summed E-state index contributed by atoms with van der Waals surface area (Å²) in [7, 11) is 0. The van der Waals surface area contributed by atoms with E-state index in [0.29, 0.717) is 35.1 Å². The summed E-state index contributed by atoms with van der Waals surface area (Å²) in [5.74, 6) is -0.478. The molecule has 2 aromatic carbocycles. The highest BCUT2D eigenvalue weighted by Crippen LogP contribution is 2.37. The third-order valence-electron chi connectivity index (χ3n) is 4.99. The van der Waals surface area contributed by atoms with Gasteiger partial charge in [0.2, 0.25) is 5.01 Å². The van der Waals surface area contributed by atoms with Crippen LogP contribution in [0.25, 0.3) is 0 Å². The SMILES string of the molecule is O=C(Nc1cccc(Cl)c1)c1nnc([C@H]2CCCN2C(=O)Nc2ccccc2C(F)(F)F)s1. The zero-order chi connectivity index (χ0) is 23.6. The largest absolute Gasteiger partial charge is 0.418 e. The quantitative estimate of drug-likeness (QED) is 0.476. The van der Waals surface area contributed by atoms with Crippen LogP contribution in [0.5, 0.6) is 0 Å². The van der Waals surface area contributed by atoms with Crippen molar-refractivity contribution in [3.63, 3.8) is 0 Å². The summed E-state index contributed by atoms with van der Waals surface area (Å²) in [6, 6.07) is 10.2. The van der Waals surface area contributed by atoms with Crippen LogP contribution in [0.15, 0.2) is 48.5 Å². The molecule has 1 fully saturated rings. The van der Waals surface area contributed by atoms with Crippen molar-refractivity contribution in [3.05, 3.63) is 69.1 Å². The first-order valence-electron chi connectivity index (χ1n) is 9.86. The molecule has 172 valence electrons. The predicted octanol–water partition coefficient (Wildman–Crippen LogP) is 5.83. The van der Waals surface area contributed by atoms with E-state index in [1.54, 1.807) is 24.3 Å². The van der Waals surface area contributed by atoms with Crippen LogP contribution >= 0.6 is 22.9 Å². The molecule has 33 heavy (non-hydrogen) atoms. The normalized spacial score (nSPS) is 16.0. The minimum atomic E-state index is -4.60. The number of amides is 3. The Labute approximate surface area is 195 Å². The van der Waals surface area contributed by atoms with E-state index in [0.717, 1.165) is 17.4 Å². The molecule has 1 aromatic heterocycles. The number of anilines is 2. The number of para-hydroxylation sites is 1. The van der Waals surface area contributed by atoms with Crippen LogP contribution in [0, 0.1) is 0 Å². The smallest absolute Gasteiger partial charge is 0.320 e. The zero-order valence-corrected chi connectivity index (χ0v) is 18.5. The lowest BCUT2D eigenvalue weighted by Crippen LogP contribution is -2.35. The van der Waals surface area contributed by atoms with E-state index in [9.17, 15) is 22.8 Å². The van der Waals surface area contributed by atoms with Gasteiger partial charge in [0.1, 0.15) is 5.01 Å². The van der Waals surface area contributed by atoms with E-state index in [1.807, 2.05) is 0 Å². The summed E-state index contributed by atoms with van der Waals surface area (Å²) in [5, 5.41) is 14.0. The van der Waals surface area contributed by atoms with Crippen LogP contribution in [0.1, 0.15) is 39.3 Å². The number of aromatic nitrogens is 2. The number of hydrogen-bond acceptors (Lipinski definition) is 5. The predicted molar refractivity (Wildman–Crippen MR) is 118 cm³/mol. The lowest BCUT2D eigenvalue weighted by molar-refractivity contribution is -0.136. The second-order valence-electron chi connectivity index (χ2n) is 7.23. The van der Waals surface area contributed by atoms with Gasteiger partial charge < -0.3 is 15.5 Å². The van der Waals surface area contributed by atoms with Gasteiger partial charge >= 0.3 is 12.2 Å². The lowest BCUT2D eigenvalue weighted by Gasteiger charge is -2.24. The molecule has 7 nitrogen and oxygen atoms in total. The average Bonchev–Trinajstić information content (AvgIpc) is 3.43. The van der Waals surface area contributed by atoms with Gasteiger partial charge in [0, 0.05) is 17.3 Å². The van der Waals surface area contributed by atoms with E-state index >= 15 is 0 Å². The Morgan fingerprint density at radius 1 is 1.09 bits per heavy atom. The molecular formula is C21H17ClF3N5O2S. The van der Waals surface area contributed by atoms with Crippen LogP contribution in [0.2, 0.25) is 5.02 Å². The topological polar surface area (TPSA) is 87.2 Å². The Morgan fingerprint density at radius 3 is 2.64 bits per heavy atom. The molecule has 0 unspecified atom stereocenters. The molecule has 1 aliphatic heterocycles. The number of urea groups is 1. The highest BCUT2D eigenvalue weighted by atomic mass is 35.5. The van der Waals surface area contributed by atoms with Crippen LogP contribution in [-0.2, 0) is 6.18 Å². The molecule has 12 heteroatoms. The molecule has 3 aromatic rings. The minimum absolute atomic E-state index is 0.0969. The first kappa shape index (κ1) is 23.0. The number of alkyl halides is 3. The fourth-order valence-corrected chi connectivity index (χ4v) is 4.58. The van der Waals surface area contributed by atoms with Crippen LogP contribution in [-0.4, -0.2) is 33.6 Å². The number of nitrogens with zero attached hydrogens (tertiary/aromatic N) is 3. The van der Waals surface area contributed by atoms with Crippen molar-refractivity contribution in [2.75, 3.05) is 17.2 Å². The Balaban J connectivity index is 1.47. The molecule has 0 radical (unpaired) electrons. The molecule has 3 amide bonds. The highest BCUT2D eigenvalue weighted by molar-refractivity contribution is 7.13. The Kier molecular flexibility index (Phi) is 6.52. The first-order valence-corrected chi connectivity index (χ1v) is 11.1. The van der Waals surface area contributed by atoms with Crippen molar-refractivity contribution < 1.29 is 22.8 Å². The maximum absolute atomic E-state index is 13.2. The van der Waals surface area contributed by atoms with Gasteiger partial charge in [-0.1, -0.05) is 41.1 Å². The fraction of sp³-hybridized carbons (Fsp3) is 0.238. The number of likely N-dealkylation sites (tertiary alicyclic amines) is 1. The molecule has 2 heterocycles. The molecular weight excluding hydrogens is 479 g/mol. The number of nitrogens with one attached hydrogen (secondary N) is 2. The summed E-state index contributed by atoms with van der Waals surface area (Å²) in [6.45, 7) is 0.342. The van der Waals surface area contributed by atoms with E-state index in [1.165, 1.54) is 23.1 Å². The van der Waals surface area contributed by atoms with Gasteiger partial charge in [0.15, 0.2) is 0 Å². The summed E-state index contributed by atoms with van der Waals surface area (Å²) in [6.07, 6.45) is -3.40. The monoisotopic (exact) mass is 495 g/mol. The van der Waals surface area contributed by atoms with Crippen molar-refractivity contribution >= 4 is 46.3 Å². The second-order valence-corrected chi connectivity index (χ2v) is 8.68. The van der Waals surface area contributed by atoms with Crippen molar-refractivity contribution in [1.82, 2.24) is 15.1 Å². The van der Waals surface area contributed by atoms with Crippen LogP contribution in [0.3, 0.4) is 0 Å². The number of carbonyl (C=O) groups is 2. The Bertz CT molecular complexity index is 1190. The molecule has 0 spiro atoms. The number of benzene rings is 2. The van der Waals surface area contributed by atoms with Crippen molar-refractivity contribution in [3.8, 4) is 0 Å². The van der Waals surface area contributed by atoms with Gasteiger partial charge in [-0.05, 0) is 43.2 Å². The Morgan fingerprint density at radius 2 is 1.88 bits per heavy atom. The van der Waals surface area contributed by atoms with Gasteiger partial charge in [0.05, 0.1) is 17.3 Å². The third-order valence-corrected chi connectivity index (χ3v) is 6.25. The molecule has 4 rings (SSSR count). The van der Waals surface area contributed by atoms with Gasteiger partial charge in [-0.2, -0.15) is 13.2 Å². The van der Waals surface area contributed by atoms with Gasteiger partial charge in [0.25, 0.3) is 5.91 Å². The molecule has 2 N–H and O–H groups in total. The number of halogens is 4. The van der Waals surface area contributed by atoms with Gasteiger partial charge in [-0.3, -0.25) is 4.79 Å². The van der Waals surface area contributed by atoms with Crippen LogP contribution in [0.4, 0.5) is 29.3 Å². The first-order chi connectivity index (χ1) is 15.7. The summed E-state index contributed by atoms with van der Waals surface area (Å²) in [5.41, 5.74) is -0.751. The van der Waals surface area contributed by atoms with Crippen molar-refractivity contribution in [1.29, 1.82) is 0 Å². The molecule has 0 bridgehead atoms. The standard InChI is InChI=1S/C21H17ClF3N5O2S/c22-12-5-3-6-13(11-12)26-17(31)19-29-28-18(33-19)16-9-4-10-30(16)20(32)27-15-8-2-1-7-14(15)21(23,24)25/h1-3,5-8,11,16H,4,9-10H2,(H,26,31)(H,27,32)/t16-/m1/s1. The number of rotatable bonds is 4. The highest BCUT2D eigenvalue weighted by Gasteiger charge is 2.36. The van der Waals surface area contributed by atoms with Gasteiger partial charge in [-0.15, -0.1) is 10.2 Å². The summed E-state index contributed by atoms with van der Waals surface area (Å²) >= 11 is 6.95. The molecule has 1 atom stereocenters. The molecule has 0 saturated carbocycles. The minimum Gasteiger partial charge on any atom is -0.320 e. The van der Waals surface area contributed by atoms with Crippen molar-refractivity contribution in [2.45, 2.75) is 25.1 Å². The third kappa shape index (κ3) is 5.25. The average molecular weight is 496 g/mol. The maximum atomic E-state index is 13.2. The van der Waals surface area contributed by atoms with Gasteiger partial charge in [-0.25, -0.2) is 4.79 Å². The van der Waals surface area contributed by atoms with Crippen LogP contribution < -0.4 is 10.6 Å². The second kappa shape index (κ2) is 9.36. The van der Waals surface area contributed by atoms with E-state index in [-0.39, 0.29) is 10.7 Å². The maximum Gasteiger partial charge on any atom is 0.418 e.